The summed E-state index contributed by atoms with van der Waals surface area (Å²) < 4.78 is 0. The number of fused-ring (bicyclic) bond motifs is 1. The molecule has 0 bridgehead atoms. The minimum Gasteiger partial charge on any atom is -0.480 e. The number of benzene rings is 1. The van der Waals surface area contributed by atoms with Gasteiger partial charge in [0.05, 0.1) is 6.04 Å². The van der Waals surface area contributed by atoms with Gasteiger partial charge in [-0.05, 0) is 36.8 Å². The summed E-state index contributed by atoms with van der Waals surface area (Å²) in [5.74, 6) is -3.62. The highest BCUT2D eigenvalue weighted by atomic mass is 16.4. The number of H-pyrrole nitrogens is 1. The first-order valence-electron chi connectivity index (χ1n) is 13.3. The molecule has 1 aliphatic heterocycles. The fourth-order valence-electron chi connectivity index (χ4n) is 4.81. The summed E-state index contributed by atoms with van der Waals surface area (Å²) in [6.07, 6.45) is 3.12. The Balaban J connectivity index is 1.83. The zero-order valence-corrected chi connectivity index (χ0v) is 22.3. The predicted octanol–water partition coefficient (Wildman–Crippen LogP) is 0.395. The van der Waals surface area contributed by atoms with Gasteiger partial charge in [0, 0.05) is 36.5 Å². The molecule has 1 fully saturated rings. The van der Waals surface area contributed by atoms with Crippen molar-refractivity contribution in [2.45, 2.75) is 76.5 Å². The lowest BCUT2D eigenvalue weighted by molar-refractivity contribution is -0.143. The number of amides is 4. The number of hydrogen-bond donors (Lipinski definition) is 6. The number of aromatic amines is 1. The summed E-state index contributed by atoms with van der Waals surface area (Å²) in [4.78, 5) is 67.4. The number of rotatable bonds is 13. The molecule has 212 valence electrons. The molecule has 3 rings (SSSR count). The van der Waals surface area contributed by atoms with E-state index in [4.69, 9.17) is 11.5 Å². The van der Waals surface area contributed by atoms with Gasteiger partial charge in [-0.3, -0.25) is 19.2 Å². The molecule has 1 aromatic heterocycles. The van der Waals surface area contributed by atoms with Crippen molar-refractivity contribution in [3.63, 3.8) is 0 Å². The number of hydrogen-bond acceptors (Lipinski definition) is 6. The number of nitrogens with two attached hydrogens (primary N) is 2. The van der Waals surface area contributed by atoms with Crippen molar-refractivity contribution >= 4 is 40.5 Å². The topological polar surface area (TPSA) is 201 Å². The van der Waals surface area contributed by atoms with Crippen LogP contribution in [0.1, 0.15) is 51.5 Å². The third kappa shape index (κ3) is 7.34. The number of carboxylic acid groups (broad SMARTS) is 1. The number of carbonyl (C=O) groups excluding carboxylic acids is 4. The predicted molar refractivity (Wildman–Crippen MR) is 144 cm³/mol. The van der Waals surface area contributed by atoms with Crippen LogP contribution in [0.5, 0.6) is 0 Å². The molecule has 1 saturated heterocycles. The van der Waals surface area contributed by atoms with Crippen molar-refractivity contribution in [1.82, 2.24) is 20.5 Å². The highest BCUT2D eigenvalue weighted by Crippen LogP contribution is 2.22. The maximum atomic E-state index is 13.5. The molecule has 12 nitrogen and oxygen atoms in total. The third-order valence-corrected chi connectivity index (χ3v) is 7.41. The van der Waals surface area contributed by atoms with Crippen LogP contribution < -0.4 is 22.1 Å². The second kappa shape index (κ2) is 13.2. The molecule has 0 spiro atoms. The van der Waals surface area contributed by atoms with E-state index in [1.54, 1.807) is 6.20 Å². The largest absolute Gasteiger partial charge is 0.480 e. The summed E-state index contributed by atoms with van der Waals surface area (Å²) in [5.41, 5.74) is 12.9. The molecule has 2 aromatic rings. The van der Waals surface area contributed by atoms with Crippen LogP contribution in [-0.4, -0.2) is 75.3 Å². The normalized spacial score (nSPS) is 18.2. The van der Waals surface area contributed by atoms with Crippen molar-refractivity contribution in [1.29, 1.82) is 0 Å². The van der Waals surface area contributed by atoms with Crippen LogP contribution in [0.15, 0.2) is 30.5 Å². The average Bonchev–Trinajstić information content (AvgIpc) is 3.56. The molecule has 39 heavy (non-hydrogen) atoms. The number of aromatic nitrogens is 1. The zero-order valence-electron chi connectivity index (χ0n) is 22.3. The van der Waals surface area contributed by atoms with Gasteiger partial charge < -0.3 is 37.1 Å². The molecule has 0 saturated carbocycles. The second-order valence-electron chi connectivity index (χ2n) is 10.1. The van der Waals surface area contributed by atoms with Crippen LogP contribution in [0.4, 0.5) is 0 Å². The average molecular weight is 543 g/mol. The lowest BCUT2D eigenvalue weighted by Crippen LogP contribution is -2.57. The van der Waals surface area contributed by atoms with Crippen molar-refractivity contribution in [3.8, 4) is 0 Å². The maximum absolute atomic E-state index is 13.5. The van der Waals surface area contributed by atoms with E-state index in [-0.39, 0.29) is 31.1 Å². The first-order chi connectivity index (χ1) is 18.5. The molecule has 4 amide bonds. The quantitative estimate of drug-likeness (QED) is 0.210. The molecule has 5 unspecified atom stereocenters. The van der Waals surface area contributed by atoms with Gasteiger partial charge in [0.1, 0.15) is 18.1 Å². The Hall–Kier alpha value is -3.93. The number of carbonyl (C=O) groups is 5. The Morgan fingerprint density at radius 2 is 1.87 bits per heavy atom. The van der Waals surface area contributed by atoms with E-state index in [9.17, 15) is 29.1 Å². The molecular formula is C27H38N6O6. The molecule has 2 heterocycles. The molecule has 1 aliphatic rings. The van der Waals surface area contributed by atoms with Gasteiger partial charge in [-0.25, -0.2) is 4.79 Å². The van der Waals surface area contributed by atoms with E-state index in [0.717, 1.165) is 16.5 Å². The van der Waals surface area contributed by atoms with Crippen LogP contribution in [0.3, 0.4) is 0 Å². The van der Waals surface area contributed by atoms with E-state index < -0.39 is 47.9 Å². The van der Waals surface area contributed by atoms with Crippen LogP contribution >= 0.6 is 0 Å². The summed E-state index contributed by atoms with van der Waals surface area (Å²) in [7, 11) is 0. The van der Waals surface area contributed by atoms with Crippen molar-refractivity contribution in [3.05, 3.63) is 36.0 Å². The summed E-state index contributed by atoms with van der Waals surface area (Å²) >= 11 is 0. The van der Waals surface area contributed by atoms with Gasteiger partial charge in [0.2, 0.25) is 23.6 Å². The highest BCUT2D eigenvalue weighted by molar-refractivity contribution is 5.95. The zero-order chi connectivity index (χ0) is 28.7. The SMILES string of the molecule is CCC(C)C(N)C(=O)N1CCCC1C(=O)NC(Cc1c[nH]c2ccccc12)C(=O)NC(CCC(N)=O)C(=O)O. The number of primary amides is 1. The summed E-state index contributed by atoms with van der Waals surface area (Å²) in [6.45, 7) is 4.20. The van der Waals surface area contributed by atoms with Crippen LogP contribution in [-0.2, 0) is 30.4 Å². The molecular weight excluding hydrogens is 504 g/mol. The number of likely N-dealkylation sites (tertiary alicyclic amines) is 1. The Morgan fingerprint density at radius 3 is 2.54 bits per heavy atom. The third-order valence-electron chi connectivity index (χ3n) is 7.41. The van der Waals surface area contributed by atoms with Gasteiger partial charge in [0.15, 0.2) is 0 Å². The van der Waals surface area contributed by atoms with Crippen molar-refractivity contribution in [2.24, 2.45) is 17.4 Å². The summed E-state index contributed by atoms with van der Waals surface area (Å²) in [5, 5.41) is 15.6. The van der Waals surface area contributed by atoms with Crippen molar-refractivity contribution in [2.75, 3.05) is 6.54 Å². The lowest BCUT2D eigenvalue weighted by atomic mass is 9.98. The lowest BCUT2D eigenvalue weighted by Gasteiger charge is -2.30. The van der Waals surface area contributed by atoms with Crippen molar-refractivity contribution < 1.29 is 29.1 Å². The Bertz CT molecular complexity index is 1210. The maximum Gasteiger partial charge on any atom is 0.326 e. The van der Waals surface area contributed by atoms with E-state index in [2.05, 4.69) is 15.6 Å². The molecule has 0 aliphatic carbocycles. The minimum absolute atomic E-state index is 0.0597. The molecule has 12 heteroatoms. The monoisotopic (exact) mass is 542 g/mol. The fraction of sp³-hybridized carbons (Fsp3) is 0.519. The van der Waals surface area contributed by atoms with Crippen LogP contribution in [0.25, 0.3) is 10.9 Å². The number of nitrogens with one attached hydrogen (secondary N) is 3. The molecule has 5 atom stereocenters. The van der Waals surface area contributed by atoms with E-state index in [0.29, 0.717) is 25.8 Å². The Morgan fingerprint density at radius 1 is 1.15 bits per heavy atom. The van der Waals surface area contributed by atoms with Gasteiger partial charge in [-0.2, -0.15) is 0 Å². The van der Waals surface area contributed by atoms with Gasteiger partial charge in [0.25, 0.3) is 0 Å². The van der Waals surface area contributed by atoms with Crippen LogP contribution in [0.2, 0.25) is 0 Å². The number of para-hydroxylation sites is 1. The Kier molecular flexibility index (Phi) is 10.0. The fourth-order valence-corrected chi connectivity index (χ4v) is 4.81. The first-order valence-corrected chi connectivity index (χ1v) is 13.3. The van der Waals surface area contributed by atoms with Gasteiger partial charge >= 0.3 is 5.97 Å². The van der Waals surface area contributed by atoms with Gasteiger partial charge in [-0.15, -0.1) is 0 Å². The first kappa shape index (κ1) is 29.6. The number of aliphatic carboxylic acids is 1. The highest BCUT2D eigenvalue weighted by Gasteiger charge is 2.39. The minimum atomic E-state index is -1.37. The molecule has 8 N–H and O–H groups in total. The van der Waals surface area contributed by atoms with E-state index in [1.807, 2.05) is 38.1 Å². The van der Waals surface area contributed by atoms with Crippen LogP contribution in [0, 0.1) is 5.92 Å². The molecule has 1 aromatic carbocycles. The second-order valence-corrected chi connectivity index (χ2v) is 10.1. The van der Waals surface area contributed by atoms with Gasteiger partial charge in [-0.1, -0.05) is 38.5 Å². The van der Waals surface area contributed by atoms with E-state index >= 15 is 0 Å². The smallest absolute Gasteiger partial charge is 0.326 e. The number of nitrogens with zero attached hydrogens (tertiary/aromatic N) is 1. The standard InChI is InChI=1S/C27H38N6O6/c1-3-15(2)23(29)26(37)33-12-6-9-21(33)25(36)32-20(13-16-14-30-18-8-5-4-7-17(16)18)24(35)31-19(27(38)39)10-11-22(28)34/h4-5,7-8,14-15,19-21,23,30H,3,6,9-13,29H2,1-2H3,(H2,28,34)(H,31,35)(H,32,36)(H,38,39). The Labute approximate surface area is 226 Å². The number of carboxylic acids is 1. The molecule has 0 radical (unpaired) electrons. The van der Waals surface area contributed by atoms with E-state index in [1.165, 1.54) is 4.90 Å². The summed E-state index contributed by atoms with van der Waals surface area (Å²) in [6, 6.07) is 3.41.